The molecule has 0 aromatic heterocycles. The average molecular weight is 244 g/mol. The van der Waals surface area contributed by atoms with E-state index in [4.69, 9.17) is 0 Å². The van der Waals surface area contributed by atoms with Gasteiger partial charge in [-0.3, -0.25) is 9.00 Å². The first kappa shape index (κ1) is 12.0. The van der Waals surface area contributed by atoms with Crippen molar-refractivity contribution in [3.63, 3.8) is 0 Å². The highest BCUT2D eigenvalue weighted by Crippen LogP contribution is 2.17. The Bertz CT molecular complexity index is 278. The number of piperidine rings is 1. The quantitative estimate of drug-likeness (QED) is 0.704. The summed E-state index contributed by atoms with van der Waals surface area (Å²) < 4.78 is 11.2. The largest absolute Gasteiger partial charge is 0.341 e. The summed E-state index contributed by atoms with van der Waals surface area (Å²) in [5.41, 5.74) is 0. The fourth-order valence-corrected chi connectivity index (χ4v) is 3.38. The van der Waals surface area contributed by atoms with Crippen LogP contribution in [0.4, 0.5) is 0 Å². The van der Waals surface area contributed by atoms with Gasteiger partial charge in [-0.05, 0) is 19.8 Å². The molecule has 0 spiro atoms. The molecule has 0 aromatic carbocycles. The van der Waals surface area contributed by atoms with Crippen molar-refractivity contribution in [1.29, 1.82) is 0 Å². The lowest BCUT2D eigenvalue weighted by Gasteiger charge is -2.33. The fraction of sp³-hybridized carbons (Fsp3) is 0.909. The molecule has 2 aliphatic rings. The van der Waals surface area contributed by atoms with E-state index in [2.05, 4.69) is 12.2 Å². The SMILES string of the molecule is CC1CCC(C(=O)N2CCS(=O)CC2)CN1. The predicted molar refractivity (Wildman–Crippen MR) is 64.6 cm³/mol. The Balaban J connectivity index is 1.85. The van der Waals surface area contributed by atoms with Crippen molar-refractivity contribution in [3.05, 3.63) is 0 Å². The number of rotatable bonds is 1. The molecule has 16 heavy (non-hydrogen) atoms. The second-order valence-corrected chi connectivity index (χ2v) is 6.45. The van der Waals surface area contributed by atoms with Gasteiger partial charge in [-0.2, -0.15) is 0 Å². The number of nitrogens with one attached hydrogen (secondary N) is 1. The van der Waals surface area contributed by atoms with Gasteiger partial charge in [0.25, 0.3) is 0 Å². The Morgan fingerprint density at radius 2 is 2.00 bits per heavy atom. The maximum absolute atomic E-state index is 12.2. The third-order valence-electron chi connectivity index (χ3n) is 3.50. The Morgan fingerprint density at radius 1 is 1.31 bits per heavy atom. The molecule has 92 valence electrons. The molecule has 2 fully saturated rings. The van der Waals surface area contributed by atoms with Gasteiger partial charge in [0.2, 0.25) is 5.91 Å². The van der Waals surface area contributed by atoms with Crippen molar-refractivity contribution in [2.24, 2.45) is 5.92 Å². The molecule has 0 bridgehead atoms. The Labute approximate surface area is 99.2 Å². The molecule has 4 nitrogen and oxygen atoms in total. The molecule has 2 atom stereocenters. The minimum Gasteiger partial charge on any atom is -0.341 e. The molecular formula is C11H20N2O2S. The van der Waals surface area contributed by atoms with Crippen LogP contribution in [-0.4, -0.2) is 52.2 Å². The number of hydrogen-bond acceptors (Lipinski definition) is 3. The number of nitrogens with zero attached hydrogens (tertiary/aromatic N) is 1. The minimum atomic E-state index is -0.698. The molecule has 0 saturated carbocycles. The van der Waals surface area contributed by atoms with Gasteiger partial charge >= 0.3 is 0 Å². The van der Waals surface area contributed by atoms with E-state index in [9.17, 15) is 9.00 Å². The Kier molecular flexibility index (Phi) is 3.97. The van der Waals surface area contributed by atoms with Gasteiger partial charge in [0.15, 0.2) is 0 Å². The Morgan fingerprint density at radius 3 is 2.56 bits per heavy atom. The normalized spacial score (nSPS) is 32.7. The molecule has 2 aliphatic heterocycles. The first-order valence-electron chi connectivity index (χ1n) is 6.04. The summed E-state index contributed by atoms with van der Waals surface area (Å²) in [4.78, 5) is 14.0. The summed E-state index contributed by atoms with van der Waals surface area (Å²) in [7, 11) is -0.698. The molecule has 2 saturated heterocycles. The smallest absolute Gasteiger partial charge is 0.227 e. The average Bonchev–Trinajstić information content (AvgIpc) is 2.30. The monoisotopic (exact) mass is 244 g/mol. The van der Waals surface area contributed by atoms with Crippen LogP contribution in [0.5, 0.6) is 0 Å². The maximum Gasteiger partial charge on any atom is 0.227 e. The molecule has 2 unspecified atom stereocenters. The lowest BCUT2D eigenvalue weighted by atomic mass is 9.94. The molecular weight excluding hydrogens is 224 g/mol. The van der Waals surface area contributed by atoms with Gasteiger partial charge < -0.3 is 10.2 Å². The zero-order valence-corrected chi connectivity index (χ0v) is 10.6. The summed E-state index contributed by atoms with van der Waals surface area (Å²) in [6, 6.07) is 0.540. The number of carbonyl (C=O) groups excluding carboxylic acids is 1. The summed E-state index contributed by atoms with van der Waals surface area (Å²) >= 11 is 0. The van der Waals surface area contributed by atoms with E-state index in [1.54, 1.807) is 0 Å². The van der Waals surface area contributed by atoms with Crippen molar-refractivity contribution < 1.29 is 9.00 Å². The molecule has 5 heteroatoms. The summed E-state index contributed by atoms with van der Waals surface area (Å²) in [6.07, 6.45) is 2.07. The predicted octanol–water partition coefficient (Wildman–Crippen LogP) is -0.0346. The van der Waals surface area contributed by atoms with Crippen LogP contribution < -0.4 is 5.32 Å². The van der Waals surface area contributed by atoms with Gasteiger partial charge in [0, 0.05) is 48.0 Å². The van der Waals surface area contributed by atoms with Crippen molar-refractivity contribution in [3.8, 4) is 0 Å². The van der Waals surface area contributed by atoms with E-state index in [-0.39, 0.29) is 11.8 Å². The number of hydrogen-bond donors (Lipinski definition) is 1. The van der Waals surface area contributed by atoms with E-state index in [1.165, 1.54) is 0 Å². The van der Waals surface area contributed by atoms with Gasteiger partial charge in [-0.15, -0.1) is 0 Å². The van der Waals surface area contributed by atoms with Crippen LogP contribution in [-0.2, 0) is 15.6 Å². The lowest BCUT2D eigenvalue weighted by molar-refractivity contribution is -0.135. The minimum absolute atomic E-state index is 0.141. The second-order valence-electron chi connectivity index (χ2n) is 4.76. The van der Waals surface area contributed by atoms with Crippen LogP contribution in [0.15, 0.2) is 0 Å². The lowest BCUT2D eigenvalue weighted by Crippen LogP contribution is -2.49. The van der Waals surface area contributed by atoms with E-state index in [1.807, 2.05) is 4.90 Å². The van der Waals surface area contributed by atoms with Crippen LogP contribution in [0.3, 0.4) is 0 Å². The topological polar surface area (TPSA) is 49.4 Å². The zero-order valence-electron chi connectivity index (χ0n) is 9.78. The van der Waals surface area contributed by atoms with Crippen LogP contribution in [0.1, 0.15) is 19.8 Å². The van der Waals surface area contributed by atoms with E-state index < -0.39 is 10.8 Å². The summed E-state index contributed by atoms with van der Waals surface area (Å²) in [6.45, 7) is 4.32. The zero-order chi connectivity index (χ0) is 11.5. The van der Waals surface area contributed by atoms with Gasteiger partial charge in [0.1, 0.15) is 0 Å². The molecule has 0 aliphatic carbocycles. The number of amides is 1. The van der Waals surface area contributed by atoms with Gasteiger partial charge in [-0.1, -0.05) is 0 Å². The highest BCUT2D eigenvalue weighted by atomic mass is 32.2. The maximum atomic E-state index is 12.2. The van der Waals surface area contributed by atoms with Crippen molar-refractivity contribution in [1.82, 2.24) is 10.2 Å². The van der Waals surface area contributed by atoms with Crippen LogP contribution in [0.2, 0.25) is 0 Å². The standard InChI is InChI=1S/C11H20N2O2S/c1-9-2-3-10(8-12-9)11(14)13-4-6-16(15)7-5-13/h9-10,12H,2-8H2,1H3. The fourth-order valence-electron chi connectivity index (χ4n) is 2.33. The molecule has 1 N–H and O–H groups in total. The van der Waals surface area contributed by atoms with Crippen molar-refractivity contribution in [2.75, 3.05) is 31.1 Å². The van der Waals surface area contributed by atoms with Gasteiger partial charge in [0.05, 0.1) is 5.92 Å². The second kappa shape index (κ2) is 5.27. The first-order valence-corrected chi connectivity index (χ1v) is 7.53. The highest BCUT2D eigenvalue weighted by Gasteiger charge is 2.29. The van der Waals surface area contributed by atoms with Crippen LogP contribution in [0, 0.1) is 5.92 Å². The van der Waals surface area contributed by atoms with E-state index in [0.717, 1.165) is 19.4 Å². The van der Waals surface area contributed by atoms with Crippen LogP contribution >= 0.6 is 0 Å². The van der Waals surface area contributed by atoms with E-state index in [0.29, 0.717) is 30.6 Å². The summed E-state index contributed by atoms with van der Waals surface area (Å²) in [5.74, 6) is 1.71. The van der Waals surface area contributed by atoms with Crippen LogP contribution in [0.25, 0.3) is 0 Å². The third kappa shape index (κ3) is 2.83. The molecule has 2 rings (SSSR count). The molecule has 0 aromatic rings. The molecule has 0 radical (unpaired) electrons. The Hall–Kier alpha value is -0.420. The molecule has 1 amide bonds. The number of carbonyl (C=O) groups is 1. The van der Waals surface area contributed by atoms with Crippen molar-refractivity contribution >= 4 is 16.7 Å². The summed E-state index contributed by atoms with van der Waals surface area (Å²) in [5, 5.41) is 3.35. The first-order chi connectivity index (χ1) is 7.66. The molecule has 2 heterocycles. The highest BCUT2D eigenvalue weighted by molar-refractivity contribution is 7.85. The van der Waals surface area contributed by atoms with E-state index >= 15 is 0 Å². The van der Waals surface area contributed by atoms with Gasteiger partial charge in [-0.25, -0.2) is 0 Å². The third-order valence-corrected chi connectivity index (χ3v) is 4.78. The van der Waals surface area contributed by atoms with Crippen molar-refractivity contribution in [2.45, 2.75) is 25.8 Å².